The Kier molecular flexibility index (Phi) is 4.58. The van der Waals surface area contributed by atoms with Gasteiger partial charge in [0, 0.05) is 11.8 Å². The first kappa shape index (κ1) is 13.1. The Balaban J connectivity index is 2.55. The van der Waals surface area contributed by atoms with Crippen LogP contribution in [-0.4, -0.2) is 33.6 Å². The van der Waals surface area contributed by atoms with Crippen molar-refractivity contribution < 1.29 is 19.4 Å². The maximum absolute atomic E-state index is 10.4. The molecule has 1 aromatic heterocycles. The summed E-state index contributed by atoms with van der Waals surface area (Å²) in [6.45, 7) is 1.68. The first-order chi connectivity index (χ1) is 8.06. The van der Waals surface area contributed by atoms with E-state index in [9.17, 15) is 10.1 Å². The summed E-state index contributed by atoms with van der Waals surface area (Å²) in [6.07, 6.45) is 4.76. The van der Waals surface area contributed by atoms with Gasteiger partial charge in [0.15, 0.2) is 12.9 Å². The predicted molar refractivity (Wildman–Crippen MR) is 57.4 cm³/mol. The third-order valence-corrected chi connectivity index (χ3v) is 2.25. The van der Waals surface area contributed by atoms with Crippen LogP contribution in [-0.2, 0) is 18.5 Å². The van der Waals surface area contributed by atoms with Gasteiger partial charge in [-0.05, 0) is 0 Å². The lowest BCUT2D eigenvalue weighted by atomic mass is 10.4. The quantitative estimate of drug-likeness (QED) is 0.245. The fourth-order valence-electron chi connectivity index (χ4n) is 1.24. The Hall–Kier alpha value is -1.96. The highest BCUT2D eigenvalue weighted by Crippen LogP contribution is 1.96. The van der Waals surface area contributed by atoms with E-state index in [0.29, 0.717) is 5.82 Å². The number of nitro groups is 1. The molecule has 0 aliphatic heterocycles. The lowest BCUT2D eigenvalue weighted by molar-refractivity contribution is -0.672. The van der Waals surface area contributed by atoms with Crippen LogP contribution in [0.2, 0.25) is 0 Å². The summed E-state index contributed by atoms with van der Waals surface area (Å²) >= 11 is 0. The van der Waals surface area contributed by atoms with Crippen LogP contribution in [0.3, 0.4) is 0 Å². The summed E-state index contributed by atoms with van der Waals surface area (Å²) < 4.78 is 8.62. The molecule has 0 aliphatic carbocycles. The van der Waals surface area contributed by atoms with Crippen molar-refractivity contribution in [3.8, 4) is 0 Å². The van der Waals surface area contributed by atoms with Gasteiger partial charge in [-0.1, -0.05) is 5.16 Å². The Morgan fingerprint density at radius 2 is 2.53 bits per heavy atom. The van der Waals surface area contributed by atoms with Gasteiger partial charge in [0.05, 0.1) is 7.05 Å². The highest BCUT2D eigenvalue weighted by Gasteiger charge is 2.16. The molecule has 0 spiro atoms. The Morgan fingerprint density at radius 1 is 1.82 bits per heavy atom. The van der Waals surface area contributed by atoms with Gasteiger partial charge in [0.25, 0.3) is 0 Å². The second kappa shape index (κ2) is 5.94. The molecule has 0 bridgehead atoms. The predicted octanol–water partition coefficient (Wildman–Crippen LogP) is -0.240. The average molecular weight is 243 g/mol. The first-order valence-electron chi connectivity index (χ1n) is 4.99. The van der Waals surface area contributed by atoms with E-state index in [2.05, 4.69) is 5.16 Å². The van der Waals surface area contributed by atoms with Crippen molar-refractivity contribution >= 4 is 6.21 Å². The highest BCUT2D eigenvalue weighted by molar-refractivity contribution is 5.72. The number of rotatable bonds is 6. The maximum Gasteiger partial charge on any atom is 0.305 e. The largest absolute Gasteiger partial charge is 0.411 e. The molecule has 0 radical (unpaired) electrons. The number of nitrogens with zero attached hydrogens (tertiary/aromatic N) is 4. The zero-order valence-corrected chi connectivity index (χ0v) is 9.68. The highest BCUT2D eigenvalue weighted by atomic mass is 16.6. The lowest BCUT2D eigenvalue weighted by Crippen LogP contribution is -2.32. The Morgan fingerprint density at radius 3 is 3.12 bits per heavy atom. The van der Waals surface area contributed by atoms with Crippen molar-refractivity contribution in [2.45, 2.75) is 19.7 Å². The molecule has 8 heteroatoms. The maximum atomic E-state index is 10.4. The van der Waals surface area contributed by atoms with Crippen molar-refractivity contribution in [1.29, 1.82) is 0 Å². The molecule has 0 amide bonds. The number of hydrogen-bond donors (Lipinski definition) is 1. The number of oxime groups is 1. The van der Waals surface area contributed by atoms with E-state index in [1.165, 1.54) is 13.1 Å². The molecule has 0 saturated heterocycles. The Labute approximate surface area is 97.9 Å². The van der Waals surface area contributed by atoms with E-state index in [4.69, 9.17) is 9.94 Å². The minimum atomic E-state index is -0.741. The molecule has 0 fully saturated rings. The number of ether oxygens (including phenoxy) is 1. The molecule has 8 nitrogen and oxygen atoms in total. The van der Waals surface area contributed by atoms with Gasteiger partial charge >= 0.3 is 5.82 Å². The molecule has 0 aromatic carbocycles. The van der Waals surface area contributed by atoms with E-state index in [-0.39, 0.29) is 13.3 Å². The van der Waals surface area contributed by atoms with Crippen molar-refractivity contribution in [2.24, 2.45) is 12.2 Å². The van der Waals surface area contributed by atoms with Gasteiger partial charge in [-0.15, -0.1) is 0 Å². The summed E-state index contributed by atoms with van der Waals surface area (Å²) in [7, 11) is 1.78. The average Bonchev–Trinajstić information content (AvgIpc) is 2.61. The number of imidazole rings is 1. The number of aryl methyl sites for hydroxylation is 1. The van der Waals surface area contributed by atoms with Gasteiger partial charge in [0.1, 0.15) is 19.0 Å². The zero-order chi connectivity index (χ0) is 12.8. The molecule has 1 rings (SSSR count). The molecule has 17 heavy (non-hydrogen) atoms. The van der Waals surface area contributed by atoms with Crippen molar-refractivity contribution in [1.82, 2.24) is 4.57 Å². The fraction of sp³-hybridized carbons (Fsp3) is 0.556. The second-order valence-corrected chi connectivity index (χ2v) is 3.62. The van der Waals surface area contributed by atoms with Crippen molar-refractivity contribution in [2.75, 3.05) is 6.61 Å². The van der Waals surface area contributed by atoms with Gasteiger partial charge in [-0.2, -0.15) is 0 Å². The zero-order valence-electron chi connectivity index (χ0n) is 9.68. The lowest BCUT2D eigenvalue weighted by Gasteiger charge is -2.04. The molecule has 1 atom stereocenters. The molecule has 94 valence electrons. The summed E-state index contributed by atoms with van der Waals surface area (Å²) in [5.74, 6) is 0.626. The molecule has 1 aromatic rings. The van der Waals surface area contributed by atoms with Crippen LogP contribution in [0.1, 0.15) is 12.7 Å². The minimum Gasteiger partial charge on any atom is -0.411 e. The van der Waals surface area contributed by atoms with E-state index >= 15 is 0 Å². The smallest absolute Gasteiger partial charge is 0.305 e. The van der Waals surface area contributed by atoms with Gasteiger partial charge in [0.2, 0.25) is 6.04 Å². The normalized spacial score (nSPS) is 13.1. The first-order valence-corrected chi connectivity index (χ1v) is 4.99. The molecular weight excluding hydrogens is 228 g/mol. The summed E-state index contributed by atoms with van der Waals surface area (Å²) in [6, 6.07) is -0.741. The molecule has 1 N–H and O–H groups in total. The second-order valence-electron chi connectivity index (χ2n) is 3.62. The SMILES string of the molecule is CC(COCn1cc[n+](C)c1/C=N/O)[N+](=O)[O-]. The summed E-state index contributed by atoms with van der Waals surface area (Å²) in [5.41, 5.74) is 0. The molecule has 1 heterocycles. The summed E-state index contributed by atoms with van der Waals surface area (Å²) in [5, 5.41) is 21.8. The topological polar surface area (TPSA) is 93.8 Å². The van der Waals surface area contributed by atoms with Gasteiger partial charge in [-0.25, -0.2) is 9.13 Å². The van der Waals surface area contributed by atoms with Crippen LogP contribution >= 0.6 is 0 Å². The van der Waals surface area contributed by atoms with Crippen LogP contribution in [0, 0.1) is 10.1 Å². The van der Waals surface area contributed by atoms with E-state index in [1.807, 2.05) is 0 Å². The number of aromatic nitrogens is 2. The number of hydrogen-bond acceptors (Lipinski definition) is 5. The molecular formula is C9H15N4O4+. The standard InChI is InChI=1S/C9H14N4O4/c1-8(13(15)16)6-17-7-12-4-3-11(2)9(12)5-10-14/h3-5,8H,6-7H2,1-2H3/p+1. The van der Waals surface area contributed by atoms with Gasteiger partial charge in [-0.3, -0.25) is 10.1 Å². The molecule has 1 unspecified atom stereocenters. The van der Waals surface area contributed by atoms with Crippen LogP contribution in [0.25, 0.3) is 0 Å². The van der Waals surface area contributed by atoms with E-state index in [1.54, 1.807) is 28.6 Å². The monoisotopic (exact) mass is 243 g/mol. The fourth-order valence-corrected chi connectivity index (χ4v) is 1.24. The molecule has 0 saturated carbocycles. The van der Waals surface area contributed by atoms with Crippen molar-refractivity contribution in [3.63, 3.8) is 0 Å². The van der Waals surface area contributed by atoms with E-state index in [0.717, 1.165) is 0 Å². The van der Waals surface area contributed by atoms with Crippen LogP contribution < -0.4 is 4.57 Å². The van der Waals surface area contributed by atoms with Crippen LogP contribution in [0.5, 0.6) is 0 Å². The van der Waals surface area contributed by atoms with E-state index < -0.39 is 11.0 Å². The molecule has 0 aliphatic rings. The Bertz CT molecular complexity index is 415. The van der Waals surface area contributed by atoms with Gasteiger partial charge < -0.3 is 9.94 Å². The van der Waals surface area contributed by atoms with Crippen LogP contribution in [0.15, 0.2) is 17.5 Å². The third kappa shape index (κ3) is 3.52. The minimum absolute atomic E-state index is 0.0323. The van der Waals surface area contributed by atoms with Crippen LogP contribution in [0.4, 0.5) is 0 Å². The third-order valence-electron chi connectivity index (χ3n) is 2.25. The van der Waals surface area contributed by atoms with Crippen molar-refractivity contribution in [3.05, 3.63) is 28.3 Å². The summed E-state index contributed by atoms with van der Waals surface area (Å²) in [4.78, 5) is 9.98.